The first-order valence-electron chi connectivity index (χ1n) is 10.2. The molecule has 4 rings (SSSR count). The van der Waals surface area contributed by atoms with Crippen LogP contribution in [0.2, 0.25) is 10.0 Å². The van der Waals surface area contributed by atoms with Gasteiger partial charge in [-0.2, -0.15) is 0 Å². The second kappa shape index (κ2) is 9.33. The highest BCUT2D eigenvalue weighted by molar-refractivity contribution is 6.30. The molecule has 2 aromatic rings. The molecule has 0 aliphatic carbocycles. The molecule has 0 radical (unpaired) electrons. The van der Waals surface area contributed by atoms with Crippen LogP contribution >= 0.6 is 23.2 Å². The Kier molecular flexibility index (Phi) is 6.58. The number of nitrogens with zero attached hydrogens (tertiary/aromatic N) is 4. The summed E-state index contributed by atoms with van der Waals surface area (Å²) in [6.07, 6.45) is 3.44. The van der Waals surface area contributed by atoms with E-state index in [0.717, 1.165) is 69.5 Å². The first-order valence-corrected chi connectivity index (χ1v) is 11.0. The highest BCUT2D eigenvalue weighted by atomic mass is 35.5. The second-order valence-electron chi connectivity index (χ2n) is 7.82. The van der Waals surface area contributed by atoms with Gasteiger partial charge in [-0.1, -0.05) is 35.3 Å². The Morgan fingerprint density at radius 1 is 0.897 bits per heavy atom. The van der Waals surface area contributed by atoms with E-state index in [9.17, 15) is 4.79 Å². The summed E-state index contributed by atoms with van der Waals surface area (Å²) >= 11 is 11.9. The molecule has 0 saturated carbocycles. The average molecular weight is 433 g/mol. The molecule has 0 atom stereocenters. The van der Waals surface area contributed by atoms with Crippen LogP contribution in [0.5, 0.6) is 0 Å². The predicted molar refractivity (Wildman–Crippen MR) is 117 cm³/mol. The summed E-state index contributed by atoms with van der Waals surface area (Å²) in [6, 6.07) is 11.8. The van der Waals surface area contributed by atoms with Crippen LogP contribution in [0.1, 0.15) is 18.4 Å². The SMILES string of the molecule is O=C(C1CCN(c2ccc(Cl)cn2)CC1)N1CCN(Cc2ccc(Cl)cc2)CC1. The molecular formula is C22H26Cl2N4O. The Balaban J connectivity index is 1.23. The van der Waals surface area contributed by atoms with E-state index in [4.69, 9.17) is 23.2 Å². The van der Waals surface area contributed by atoms with Crippen molar-refractivity contribution in [2.24, 2.45) is 5.92 Å². The van der Waals surface area contributed by atoms with Crippen molar-refractivity contribution in [3.63, 3.8) is 0 Å². The Morgan fingerprint density at radius 2 is 1.55 bits per heavy atom. The van der Waals surface area contributed by atoms with Crippen LogP contribution < -0.4 is 4.90 Å². The first-order chi connectivity index (χ1) is 14.1. The van der Waals surface area contributed by atoms with Gasteiger partial charge >= 0.3 is 0 Å². The van der Waals surface area contributed by atoms with Gasteiger partial charge in [0.15, 0.2) is 0 Å². The fraction of sp³-hybridized carbons (Fsp3) is 0.455. The van der Waals surface area contributed by atoms with Gasteiger partial charge in [-0.05, 0) is 42.7 Å². The zero-order valence-electron chi connectivity index (χ0n) is 16.4. The second-order valence-corrected chi connectivity index (χ2v) is 8.70. The van der Waals surface area contributed by atoms with Crippen molar-refractivity contribution in [3.05, 3.63) is 58.2 Å². The molecule has 1 aromatic heterocycles. The quantitative estimate of drug-likeness (QED) is 0.732. The van der Waals surface area contributed by atoms with Crippen LogP contribution in [0, 0.1) is 5.92 Å². The largest absolute Gasteiger partial charge is 0.357 e. The predicted octanol–water partition coefficient (Wildman–Crippen LogP) is 3.95. The standard InChI is InChI=1S/C22H26Cl2N4O/c23-19-3-1-17(2-4-19)16-26-11-13-28(14-12-26)22(29)18-7-9-27(10-8-18)21-6-5-20(24)15-25-21/h1-6,15,18H,7-14,16H2. The number of carbonyl (C=O) groups excluding carboxylic acids is 1. The summed E-state index contributed by atoms with van der Waals surface area (Å²) in [4.78, 5) is 24.1. The molecule has 7 heteroatoms. The molecule has 2 fully saturated rings. The molecule has 0 bridgehead atoms. The van der Waals surface area contributed by atoms with E-state index >= 15 is 0 Å². The Labute approximate surface area is 182 Å². The lowest BCUT2D eigenvalue weighted by Gasteiger charge is -2.38. The van der Waals surface area contributed by atoms with Crippen molar-refractivity contribution in [1.29, 1.82) is 0 Å². The van der Waals surface area contributed by atoms with E-state index in [1.54, 1.807) is 6.20 Å². The monoisotopic (exact) mass is 432 g/mol. The number of hydrogen-bond acceptors (Lipinski definition) is 4. The first kappa shape index (κ1) is 20.5. The highest BCUT2D eigenvalue weighted by Crippen LogP contribution is 2.25. The van der Waals surface area contributed by atoms with Crippen molar-refractivity contribution in [2.45, 2.75) is 19.4 Å². The van der Waals surface area contributed by atoms with Crippen molar-refractivity contribution < 1.29 is 4.79 Å². The number of piperazine rings is 1. The summed E-state index contributed by atoms with van der Waals surface area (Å²) in [5.74, 6) is 1.39. The summed E-state index contributed by atoms with van der Waals surface area (Å²) in [7, 11) is 0. The maximum Gasteiger partial charge on any atom is 0.225 e. The summed E-state index contributed by atoms with van der Waals surface area (Å²) in [5.41, 5.74) is 1.26. The average Bonchev–Trinajstić information content (AvgIpc) is 2.76. The molecule has 2 saturated heterocycles. The smallest absolute Gasteiger partial charge is 0.225 e. The number of piperidine rings is 1. The number of halogens is 2. The van der Waals surface area contributed by atoms with Crippen molar-refractivity contribution in [3.8, 4) is 0 Å². The molecule has 2 aliphatic heterocycles. The molecule has 154 valence electrons. The molecule has 0 N–H and O–H groups in total. The lowest BCUT2D eigenvalue weighted by molar-refractivity contribution is -0.138. The van der Waals surface area contributed by atoms with Crippen LogP contribution in [0.3, 0.4) is 0 Å². The fourth-order valence-electron chi connectivity index (χ4n) is 4.14. The molecule has 0 unspecified atom stereocenters. The molecular weight excluding hydrogens is 407 g/mol. The molecule has 3 heterocycles. The van der Waals surface area contributed by atoms with E-state index in [2.05, 4.69) is 31.8 Å². The highest BCUT2D eigenvalue weighted by Gasteiger charge is 2.30. The van der Waals surface area contributed by atoms with Gasteiger partial charge in [0, 0.05) is 63.0 Å². The van der Waals surface area contributed by atoms with E-state index in [1.807, 2.05) is 24.3 Å². The van der Waals surface area contributed by atoms with E-state index < -0.39 is 0 Å². The fourth-order valence-corrected chi connectivity index (χ4v) is 4.38. The van der Waals surface area contributed by atoms with Gasteiger partial charge in [-0.25, -0.2) is 4.98 Å². The molecule has 2 aliphatic rings. The lowest BCUT2D eigenvalue weighted by atomic mass is 9.95. The number of pyridine rings is 1. The molecule has 1 amide bonds. The van der Waals surface area contributed by atoms with E-state index in [1.165, 1.54) is 5.56 Å². The Bertz CT molecular complexity index is 812. The summed E-state index contributed by atoms with van der Waals surface area (Å²) in [5, 5.41) is 1.41. The summed E-state index contributed by atoms with van der Waals surface area (Å²) < 4.78 is 0. The molecule has 1 aromatic carbocycles. The van der Waals surface area contributed by atoms with Gasteiger partial charge in [-0.3, -0.25) is 9.69 Å². The van der Waals surface area contributed by atoms with Crippen LogP contribution in [-0.2, 0) is 11.3 Å². The third-order valence-electron chi connectivity index (χ3n) is 5.88. The van der Waals surface area contributed by atoms with E-state index in [-0.39, 0.29) is 5.92 Å². The number of hydrogen-bond donors (Lipinski definition) is 0. The topological polar surface area (TPSA) is 39.7 Å². The molecule has 5 nitrogen and oxygen atoms in total. The summed E-state index contributed by atoms with van der Waals surface area (Å²) in [6.45, 7) is 6.09. The minimum atomic E-state index is 0.126. The zero-order valence-corrected chi connectivity index (χ0v) is 17.9. The minimum Gasteiger partial charge on any atom is -0.357 e. The zero-order chi connectivity index (χ0) is 20.2. The number of aromatic nitrogens is 1. The van der Waals surface area contributed by atoms with Crippen LogP contribution in [0.25, 0.3) is 0 Å². The number of anilines is 1. The minimum absolute atomic E-state index is 0.126. The Morgan fingerprint density at radius 3 is 2.17 bits per heavy atom. The van der Waals surface area contributed by atoms with Crippen LogP contribution in [-0.4, -0.2) is 60.0 Å². The van der Waals surface area contributed by atoms with Crippen LogP contribution in [0.4, 0.5) is 5.82 Å². The van der Waals surface area contributed by atoms with Gasteiger partial charge in [0.05, 0.1) is 5.02 Å². The normalized spacial score (nSPS) is 18.8. The molecule has 29 heavy (non-hydrogen) atoms. The van der Waals surface area contributed by atoms with Gasteiger partial charge in [0.25, 0.3) is 0 Å². The number of carbonyl (C=O) groups is 1. The van der Waals surface area contributed by atoms with Crippen molar-refractivity contribution >= 4 is 34.9 Å². The number of amides is 1. The Hall–Kier alpha value is -1.82. The van der Waals surface area contributed by atoms with E-state index in [0.29, 0.717) is 10.9 Å². The van der Waals surface area contributed by atoms with Crippen molar-refractivity contribution in [2.75, 3.05) is 44.2 Å². The third kappa shape index (κ3) is 5.21. The number of rotatable bonds is 4. The maximum absolute atomic E-state index is 13.0. The van der Waals surface area contributed by atoms with Gasteiger partial charge in [0.1, 0.15) is 5.82 Å². The molecule has 0 spiro atoms. The van der Waals surface area contributed by atoms with Crippen LogP contribution in [0.15, 0.2) is 42.6 Å². The van der Waals surface area contributed by atoms with Gasteiger partial charge in [-0.15, -0.1) is 0 Å². The van der Waals surface area contributed by atoms with Gasteiger partial charge < -0.3 is 9.80 Å². The van der Waals surface area contributed by atoms with Gasteiger partial charge in [0.2, 0.25) is 5.91 Å². The maximum atomic E-state index is 13.0. The van der Waals surface area contributed by atoms with Crippen molar-refractivity contribution in [1.82, 2.24) is 14.8 Å². The lowest BCUT2D eigenvalue weighted by Crippen LogP contribution is -2.51. The number of benzene rings is 1. The third-order valence-corrected chi connectivity index (χ3v) is 6.36.